The van der Waals surface area contributed by atoms with Gasteiger partial charge in [-0.25, -0.2) is 17.9 Å². The molecule has 3 saturated carbocycles. The van der Waals surface area contributed by atoms with Crippen LogP contribution in [0.3, 0.4) is 0 Å². The highest BCUT2D eigenvalue weighted by atomic mass is 35.5. The summed E-state index contributed by atoms with van der Waals surface area (Å²) in [6.45, 7) is 0. The number of esters is 1. The molecule has 1 aliphatic heterocycles. The molecule has 1 amide bonds. The van der Waals surface area contributed by atoms with Crippen molar-refractivity contribution >= 4 is 44.4 Å². The van der Waals surface area contributed by atoms with E-state index >= 15 is 0 Å². The van der Waals surface area contributed by atoms with E-state index in [1.165, 1.54) is 31.3 Å². The Kier molecular flexibility index (Phi) is 6.90. The molecule has 2 N–H and O–H groups in total. The number of nitrogens with one attached hydrogen (secondary N) is 2. The van der Waals surface area contributed by atoms with Gasteiger partial charge in [-0.15, -0.1) is 11.6 Å². The van der Waals surface area contributed by atoms with E-state index in [4.69, 9.17) is 16.3 Å². The number of aromatic amines is 1. The van der Waals surface area contributed by atoms with Crippen LogP contribution in [0.15, 0.2) is 53.4 Å². The van der Waals surface area contributed by atoms with Gasteiger partial charge in [-0.1, -0.05) is 43.2 Å². The van der Waals surface area contributed by atoms with Crippen LogP contribution in [0.5, 0.6) is 0 Å². The molecular formula is C32H36ClN3O5S. The van der Waals surface area contributed by atoms with Gasteiger partial charge in [-0.3, -0.25) is 4.79 Å². The number of carbonyl (C=O) groups is 2. The zero-order valence-corrected chi connectivity index (χ0v) is 25.2. The van der Waals surface area contributed by atoms with E-state index in [1.807, 2.05) is 24.3 Å². The first-order chi connectivity index (χ1) is 20.2. The van der Waals surface area contributed by atoms with Crippen molar-refractivity contribution in [1.82, 2.24) is 14.6 Å². The fraction of sp³-hybridized carbons (Fsp3) is 0.500. The standard InChI is InChI=1S/C32H36ClN3O5S/c1-41-31(38)27-15-25-24-4-2-3-5-26(24)34-29(25)30(36(27)28(37)18-33)21-8-12-23(13-9-21)42(39,40)35-32-16-19-6-10-22(32)11-7-20(14-19)17-32/h2-5,8-9,12-13,19-20,22,27,30,34-35H,6-7,10-11,14-18H2,1H3/t19-,20+,22?,27-,30+,32+/m1/s1. The third-order valence-corrected chi connectivity index (χ3v) is 12.2. The number of H-pyrrole nitrogens is 1. The summed E-state index contributed by atoms with van der Waals surface area (Å²) in [5, 5.41) is 0.972. The summed E-state index contributed by atoms with van der Waals surface area (Å²) in [5.41, 5.74) is 2.95. The number of alkyl halides is 1. The largest absolute Gasteiger partial charge is 0.467 e. The molecular weight excluding hydrogens is 574 g/mol. The van der Waals surface area contributed by atoms with Crippen molar-refractivity contribution in [2.24, 2.45) is 17.8 Å². The van der Waals surface area contributed by atoms with Crippen LogP contribution in [0.2, 0.25) is 0 Å². The quantitative estimate of drug-likeness (QED) is 0.300. The minimum Gasteiger partial charge on any atom is -0.467 e. The van der Waals surface area contributed by atoms with Crippen molar-refractivity contribution in [3.63, 3.8) is 0 Å². The summed E-state index contributed by atoms with van der Waals surface area (Å²) in [6.07, 6.45) is 7.99. The fourth-order valence-electron chi connectivity index (χ4n) is 8.75. The number of ether oxygens (including phenoxy) is 1. The monoisotopic (exact) mass is 609 g/mol. The summed E-state index contributed by atoms with van der Waals surface area (Å²) < 4.78 is 36.0. The van der Waals surface area contributed by atoms with Crippen LogP contribution < -0.4 is 4.72 Å². The van der Waals surface area contributed by atoms with Crippen LogP contribution in [0.4, 0.5) is 0 Å². The van der Waals surface area contributed by atoms with Crippen molar-refractivity contribution in [3.8, 4) is 0 Å². The molecule has 0 saturated heterocycles. The highest BCUT2D eigenvalue weighted by molar-refractivity contribution is 7.89. The number of benzene rings is 2. The lowest BCUT2D eigenvalue weighted by molar-refractivity contribution is -0.154. The highest BCUT2D eigenvalue weighted by Gasteiger charge is 2.53. The van der Waals surface area contributed by atoms with Crippen molar-refractivity contribution in [2.45, 2.75) is 73.9 Å². The van der Waals surface area contributed by atoms with Crippen LogP contribution in [0, 0.1) is 17.8 Å². The first-order valence-corrected chi connectivity index (χ1v) is 16.9. The first kappa shape index (κ1) is 27.9. The maximum absolute atomic E-state index is 13.8. The Balaban J connectivity index is 1.26. The molecule has 3 aromatic rings. The van der Waals surface area contributed by atoms with Crippen LogP contribution in [-0.2, 0) is 30.8 Å². The number of halogens is 1. The zero-order chi connectivity index (χ0) is 29.2. The molecule has 8 nitrogen and oxygen atoms in total. The Morgan fingerprint density at radius 2 is 1.74 bits per heavy atom. The summed E-state index contributed by atoms with van der Waals surface area (Å²) in [7, 11) is -2.46. The van der Waals surface area contributed by atoms with Gasteiger partial charge < -0.3 is 14.6 Å². The van der Waals surface area contributed by atoms with Gasteiger partial charge >= 0.3 is 5.97 Å². The SMILES string of the molecule is COC(=O)[C@H]1Cc2c([nH]c3ccccc23)[C@H](c2ccc(S(=O)(=O)N[C@]34C[C@@H]5CCC3CC[C@@H](C5)C4)cc2)N1C(=O)CCl. The smallest absolute Gasteiger partial charge is 0.328 e. The molecule has 0 radical (unpaired) electrons. The zero-order valence-electron chi connectivity index (χ0n) is 23.6. The molecule has 1 aromatic heterocycles. The van der Waals surface area contributed by atoms with Gasteiger partial charge in [0, 0.05) is 28.6 Å². The van der Waals surface area contributed by atoms with Gasteiger partial charge in [-0.05, 0) is 79.2 Å². The minimum absolute atomic E-state index is 0.205. The number of hydrogen-bond donors (Lipinski definition) is 2. The average molecular weight is 610 g/mol. The summed E-state index contributed by atoms with van der Waals surface area (Å²) in [6, 6.07) is 13.0. The third-order valence-electron chi connectivity index (χ3n) is 10.5. The lowest BCUT2D eigenvalue weighted by Gasteiger charge is -2.56. The number of fused-ring (bicyclic) bond motifs is 5. The normalized spacial score (nSPS) is 30.2. The molecule has 3 bridgehead atoms. The molecule has 2 aromatic carbocycles. The van der Waals surface area contributed by atoms with E-state index in [9.17, 15) is 18.0 Å². The van der Waals surface area contributed by atoms with Gasteiger partial charge in [0.2, 0.25) is 15.9 Å². The van der Waals surface area contributed by atoms with Gasteiger partial charge in [0.05, 0.1) is 18.0 Å². The van der Waals surface area contributed by atoms with Crippen LogP contribution in [0.1, 0.15) is 67.8 Å². The molecule has 3 aliphatic carbocycles. The average Bonchev–Trinajstić information content (AvgIpc) is 3.36. The molecule has 0 spiro atoms. The molecule has 7 rings (SSSR count). The second-order valence-electron chi connectivity index (χ2n) is 12.7. The minimum atomic E-state index is -3.77. The van der Waals surface area contributed by atoms with Gasteiger partial charge in [-0.2, -0.15) is 0 Å². The Labute approximate surface area is 251 Å². The second-order valence-corrected chi connectivity index (χ2v) is 14.7. The molecule has 4 aliphatic rings. The first-order valence-electron chi connectivity index (χ1n) is 14.9. The number of methoxy groups -OCH3 is 1. The number of aromatic nitrogens is 1. The van der Waals surface area contributed by atoms with E-state index in [-0.39, 0.29) is 22.7 Å². The Hall–Kier alpha value is -2.88. The maximum Gasteiger partial charge on any atom is 0.328 e. The van der Waals surface area contributed by atoms with Crippen molar-refractivity contribution in [1.29, 1.82) is 0 Å². The van der Waals surface area contributed by atoms with Gasteiger partial charge in [0.15, 0.2) is 0 Å². The predicted molar refractivity (Wildman–Crippen MR) is 159 cm³/mol. The molecule has 3 fully saturated rings. The Morgan fingerprint density at radius 1 is 1.05 bits per heavy atom. The summed E-state index contributed by atoms with van der Waals surface area (Å²) in [4.78, 5) is 31.4. The lowest BCUT2D eigenvalue weighted by Crippen LogP contribution is -2.61. The van der Waals surface area contributed by atoms with Gasteiger partial charge in [0.25, 0.3) is 0 Å². The maximum atomic E-state index is 13.8. The molecule has 10 heteroatoms. The molecule has 42 heavy (non-hydrogen) atoms. The number of para-hydroxylation sites is 1. The van der Waals surface area contributed by atoms with E-state index in [0.29, 0.717) is 23.3 Å². The van der Waals surface area contributed by atoms with Crippen LogP contribution >= 0.6 is 11.6 Å². The van der Waals surface area contributed by atoms with E-state index in [1.54, 1.807) is 24.3 Å². The molecule has 222 valence electrons. The fourth-order valence-corrected chi connectivity index (χ4v) is 10.4. The second kappa shape index (κ2) is 10.4. The number of carbonyl (C=O) groups excluding carboxylic acids is 2. The van der Waals surface area contributed by atoms with E-state index in [2.05, 4.69) is 9.71 Å². The van der Waals surface area contributed by atoms with Crippen molar-refractivity contribution in [2.75, 3.05) is 13.0 Å². The molecule has 6 atom stereocenters. The van der Waals surface area contributed by atoms with E-state index in [0.717, 1.165) is 47.8 Å². The lowest BCUT2D eigenvalue weighted by atomic mass is 9.54. The third kappa shape index (κ3) is 4.47. The number of sulfonamides is 1. The number of amides is 1. The van der Waals surface area contributed by atoms with Crippen LogP contribution in [-0.4, -0.2) is 54.7 Å². The molecule has 2 heterocycles. The Morgan fingerprint density at radius 3 is 2.40 bits per heavy atom. The summed E-state index contributed by atoms with van der Waals surface area (Å²) >= 11 is 6.06. The predicted octanol–water partition coefficient (Wildman–Crippen LogP) is 5.06. The number of nitrogens with zero attached hydrogens (tertiary/aromatic N) is 1. The van der Waals surface area contributed by atoms with Crippen molar-refractivity contribution < 1.29 is 22.7 Å². The Bertz CT molecular complexity index is 1640. The van der Waals surface area contributed by atoms with Crippen molar-refractivity contribution in [3.05, 3.63) is 65.4 Å². The molecule has 1 unspecified atom stereocenters. The topological polar surface area (TPSA) is 109 Å². The number of rotatable bonds is 6. The van der Waals surface area contributed by atoms with Gasteiger partial charge in [0.1, 0.15) is 11.9 Å². The summed E-state index contributed by atoms with van der Waals surface area (Å²) in [5.74, 6) is 0.377. The highest BCUT2D eigenvalue weighted by Crippen LogP contribution is 2.55. The van der Waals surface area contributed by atoms with Crippen LogP contribution in [0.25, 0.3) is 10.9 Å². The number of hydrogen-bond acceptors (Lipinski definition) is 5. The van der Waals surface area contributed by atoms with E-state index < -0.39 is 34.0 Å².